The van der Waals surface area contributed by atoms with Crippen LogP contribution in [0.25, 0.3) is 0 Å². The van der Waals surface area contributed by atoms with Crippen LogP contribution in [-0.4, -0.2) is 9.78 Å². The van der Waals surface area contributed by atoms with Crippen LogP contribution in [-0.2, 0) is 0 Å². The number of nitrogen functional groups attached to an aromatic ring is 1. The number of aromatic nitrogens is 2. The molecule has 0 aromatic carbocycles. The summed E-state index contributed by atoms with van der Waals surface area (Å²) < 4.78 is 2.16. The molecule has 15 heavy (non-hydrogen) atoms. The van der Waals surface area contributed by atoms with Crippen LogP contribution in [0.3, 0.4) is 0 Å². The smallest absolute Gasteiger partial charge is 0.0826 e. The van der Waals surface area contributed by atoms with Crippen LogP contribution in [0, 0.1) is 13.8 Å². The molecule has 0 radical (unpaired) electrons. The number of rotatable bonds is 1. The van der Waals surface area contributed by atoms with Crippen LogP contribution in [0.15, 0.2) is 0 Å². The first-order valence-electron chi connectivity index (χ1n) is 6.01. The van der Waals surface area contributed by atoms with Crippen molar-refractivity contribution in [3.63, 3.8) is 0 Å². The first-order chi connectivity index (χ1) is 7.20. The molecule has 0 spiro atoms. The Bertz CT molecular complexity index is 333. The Labute approximate surface area is 91.7 Å². The molecule has 1 saturated carbocycles. The van der Waals surface area contributed by atoms with E-state index in [1.807, 2.05) is 6.92 Å². The van der Waals surface area contributed by atoms with Crippen molar-refractivity contribution in [2.24, 2.45) is 0 Å². The van der Waals surface area contributed by atoms with Crippen LogP contribution < -0.4 is 5.73 Å². The zero-order chi connectivity index (χ0) is 10.8. The molecular weight excluding hydrogens is 186 g/mol. The summed E-state index contributed by atoms with van der Waals surface area (Å²) in [5.41, 5.74) is 8.97. The summed E-state index contributed by atoms with van der Waals surface area (Å²) in [6.07, 6.45) is 7.96. The lowest BCUT2D eigenvalue weighted by Gasteiger charge is -2.16. The molecule has 0 aliphatic heterocycles. The van der Waals surface area contributed by atoms with Gasteiger partial charge in [0.1, 0.15) is 0 Å². The minimum atomic E-state index is 0.587. The Morgan fingerprint density at radius 3 is 2.20 bits per heavy atom. The Morgan fingerprint density at radius 2 is 1.73 bits per heavy atom. The average Bonchev–Trinajstić information content (AvgIpc) is 2.51. The zero-order valence-electron chi connectivity index (χ0n) is 9.79. The van der Waals surface area contributed by atoms with E-state index in [1.165, 1.54) is 38.5 Å². The molecule has 1 fully saturated rings. The molecule has 1 heterocycles. The molecule has 3 heteroatoms. The predicted octanol–water partition coefficient (Wildman–Crippen LogP) is 2.98. The summed E-state index contributed by atoms with van der Waals surface area (Å²) in [5.74, 6) is 0. The maximum atomic E-state index is 5.97. The third-order valence-electron chi connectivity index (χ3n) is 3.55. The SMILES string of the molecule is Cc1nn(C2CCCCCC2)c(C)c1N. The van der Waals surface area contributed by atoms with Crippen molar-refractivity contribution < 1.29 is 0 Å². The number of hydrogen-bond acceptors (Lipinski definition) is 2. The Morgan fingerprint density at radius 1 is 1.13 bits per heavy atom. The zero-order valence-corrected chi connectivity index (χ0v) is 9.79. The summed E-state index contributed by atoms with van der Waals surface area (Å²) in [7, 11) is 0. The summed E-state index contributed by atoms with van der Waals surface area (Å²) in [4.78, 5) is 0. The lowest BCUT2D eigenvalue weighted by Crippen LogP contribution is -2.11. The number of nitrogens with zero attached hydrogens (tertiary/aromatic N) is 2. The molecule has 1 aromatic heterocycles. The minimum absolute atomic E-state index is 0.587. The van der Waals surface area contributed by atoms with Gasteiger partial charge in [0.15, 0.2) is 0 Å². The molecule has 1 aliphatic rings. The lowest BCUT2D eigenvalue weighted by atomic mass is 10.1. The third kappa shape index (κ3) is 2.01. The Balaban J connectivity index is 2.23. The third-order valence-corrected chi connectivity index (χ3v) is 3.55. The molecular formula is C12H21N3. The molecule has 2 rings (SSSR count). The normalized spacial score (nSPS) is 19.1. The van der Waals surface area contributed by atoms with Gasteiger partial charge in [0.25, 0.3) is 0 Å². The monoisotopic (exact) mass is 207 g/mol. The van der Waals surface area contributed by atoms with Crippen molar-refractivity contribution in [3.05, 3.63) is 11.4 Å². The van der Waals surface area contributed by atoms with Crippen molar-refractivity contribution in [2.45, 2.75) is 58.4 Å². The molecule has 84 valence electrons. The van der Waals surface area contributed by atoms with Crippen LogP contribution in [0.1, 0.15) is 56.0 Å². The van der Waals surface area contributed by atoms with Crippen molar-refractivity contribution in [1.82, 2.24) is 9.78 Å². The van der Waals surface area contributed by atoms with Crippen molar-refractivity contribution in [3.8, 4) is 0 Å². The minimum Gasteiger partial charge on any atom is -0.396 e. The van der Waals surface area contributed by atoms with E-state index in [9.17, 15) is 0 Å². The number of aryl methyl sites for hydroxylation is 1. The number of anilines is 1. The highest BCUT2D eigenvalue weighted by Gasteiger charge is 2.18. The van der Waals surface area contributed by atoms with Gasteiger partial charge in [0.2, 0.25) is 0 Å². The molecule has 1 aromatic rings. The highest BCUT2D eigenvalue weighted by Crippen LogP contribution is 2.29. The fraction of sp³-hybridized carbons (Fsp3) is 0.750. The van der Waals surface area contributed by atoms with Gasteiger partial charge in [0, 0.05) is 0 Å². The van der Waals surface area contributed by atoms with Gasteiger partial charge in [-0.3, -0.25) is 4.68 Å². The van der Waals surface area contributed by atoms with Crippen LogP contribution in [0.2, 0.25) is 0 Å². The molecule has 2 N–H and O–H groups in total. The first-order valence-corrected chi connectivity index (χ1v) is 6.01. The van der Waals surface area contributed by atoms with Gasteiger partial charge in [0.05, 0.1) is 23.1 Å². The molecule has 0 bridgehead atoms. The first kappa shape index (κ1) is 10.5. The van der Waals surface area contributed by atoms with E-state index in [2.05, 4.69) is 16.7 Å². The predicted molar refractivity (Wildman–Crippen MR) is 62.9 cm³/mol. The summed E-state index contributed by atoms with van der Waals surface area (Å²) >= 11 is 0. The summed E-state index contributed by atoms with van der Waals surface area (Å²) in [5, 5.41) is 4.57. The van der Waals surface area contributed by atoms with Gasteiger partial charge in [-0.15, -0.1) is 0 Å². The molecule has 0 amide bonds. The van der Waals surface area contributed by atoms with Crippen molar-refractivity contribution >= 4 is 5.69 Å². The topological polar surface area (TPSA) is 43.8 Å². The average molecular weight is 207 g/mol. The summed E-state index contributed by atoms with van der Waals surface area (Å²) in [6, 6.07) is 0.587. The van der Waals surface area contributed by atoms with E-state index >= 15 is 0 Å². The maximum absolute atomic E-state index is 5.97. The van der Waals surface area contributed by atoms with E-state index < -0.39 is 0 Å². The highest BCUT2D eigenvalue weighted by atomic mass is 15.3. The Kier molecular flexibility index (Phi) is 2.98. The second-order valence-electron chi connectivity index (χ2n) is 4.67. The van der Waals surface area contributed by atoms with Gasteiger partial charge in [-0.1, -0.05) is 25.7 Å². The van der Waals surface area contributed by atoms with Gasteiger partial charge in [-0.2, -0.15) is 5.10 Å². The largest absolute Gasteiger partial charge is 0.396 e. The van der Waals surface area contributed by atoms with Gasteiger partial charge < -0.3 is 5.73 Å². The number of nitrogens with two attached hydrogens (primary N) is 1. The van der Waals surface area contributed by atoms with Crippen LogP contribution in [0.4, 0.5) is 5.69 Å². The fourth-order valence-electron chi connectivity index (χ4n) is 2.53. The van der Waals surface area contributed by atoms with Gasteiger partial charge >= 0.3 is 0 Å². The molecule has 1 aliphatic carbocycles. The maximum Gasteiger partial charge on any atom is 0.0826 e. The molecule has 0 unspecified atom stereocenters. The van der Waals surface area contributed by atoms with Gasteiger partial charge in [-0.25, -0.2) is 0 Å². The second-order valence-corrected chi connectivity index (χ2v) is 4.67. The van der Waals surface area contributed by atoms with E-state index in [-0.39, 0.29) is 0 Å². The second kappa shape index (κ2) is 4.25. The quantitative estimate of drug-likeness (QED) is 0.719. The van der Waals surface area contributed by atoms with E-state index in [0.717, 1.165) is 17.1 Å². The molecule has 0 atom stereocenters. The van der Waals surface area contributed by atoms with E-state index in [0.29, 0.717) is 6.04 Å². The van der Waals surface area contributed by atoms with Crippen LogP contribution >= 0.6 is 0 Å². The standard InChI is InChI=1S/C12H21N3/c1-9-12(13)10(2)15(14-9)11-7-5-3-4-6-8-11/h11H,3-8,13H2,1-2H3. The number of hydrogen-bond donors (Lipinski definition) is 1. The van der Waals surface area contributed by atoms with E-state index in [1.54, 1.807) is 0 Å². The summed E-state index contributed by atoms with van der Waals surface area (Å²) in [6.45, 7) is 4.08. The fourth-order valence-corrected chi connectivity index (χ4v) is 2.53. The Hall–Kier alpha value is -0.990. The lowest BCUT2D eigenvalue weighted by molar-refractivity contribution is 0.397. The van der Waals surface area contributed by atoms with E-state index in [4.69, 9.17) is 5.73 Å². The van der Waals surface area contributed by atoms with Crippen molar-refractivity contribution in [1.29, 1.82) is 0 Å². The molecule has 3 nitrogen and oxygen atoms in total. The van der Waals surface area contributed by atoms with Crippen LogP contribution in [0.5, 0.6) is 0 Å². The van der Waals surface area contributed by atoms with Gasteiger partial charge in [-0.05, 0) is 26.7 Å². The molecule has 0 saturated heterocycles. The van der Waals surface area contributed by atoms with Crippen molar-refractivity contribution in [2.75, 3.05) is 5.73 Å². The highest BCUT2D eigenvalue weighted by molar-refractivity contribution is 5.46.